The first-order chi connectivity index (χ1) is 13.0. The van der Waals surface area contributed by atoms with Crippen LogP contribution in [0, 0.1) is 12.7 Å². The van der Waals surface area contributed by atoms with Gasteiger partial charge in [0.05, 0.1) is 31.2 Å². The Labute approximate surface area is 156 Å². The van der Waals surface area contributed by atoms with E-state index < -0.39 is 0 Å². The number of hydrogen-bond acceptors (Lipinski definition) is 5. The smallest absolute Gasteiger partial charge is 0.259 e. The lowest BCUT2D eigenvalue weighted by Crippen LogP contribution is -2.15. The van der Waals surface area contributed by atoms with Gasteiger partial charge in [-0.3, -0.25) is 4.79 Å². The van der Waals surface area contributed by atoms with Crippen LogP contribution in [-0.4, -0.2) is 30.1 Å². The molecule has 27 heavy (non-hydrogen) atoms. The highest BCUT2D eigenvalue weighted by Crippen LogP contribution is 2.29. The van der Waals surface area contributed by atoms with Crippen molar-refractivity contribution in [2.45, 2.75) is 6.92 Å². The number of benzene rings is 2. The normalized spacial score (nSPS) is 10.4. The molecule has 0 unspecified atom stereocenters. The quantitative estimate of drug-likeness (QED) is 0.741. The number of carbonyl (C=O) groups is 1. The van der Waals surface area contributed by atoms with E-state index >= 15 is 0 Å². The Morgan fingerprint density at radius 3 is 2.44 bits per heavy atom. The summed E-state index contributed by atoms with van der Waals surface area (Å²) in [6.07, 6.45) is 1.45. The summed E-state index contributed by atoms with van der Waals surface area (Å²) in [6.45, 7) is 1.71. The lowest BCUT2D eigenvalue weighted by Gasteiger charge is -2.12. The molecule has 0 saturated carbocycles. The van der Waals surface area contributed by atoms with E-state index in [0.29, 0.717) is 39.8 Å². The molecule has 0 saturated heterocycles. The molecule has 0 bridgehead atoms. The number of hydrogen-bond donors (Lipinski definition) is 1. The van der Waals surface area contributed by atoms with Gasteiger partial charge in [-0.2, -0.15) is 0 Å². The highest BCUT2D eigenvalue weighted by molar-refractivity contribution is 6.05. The van der Waals surface area contributed by atoms with Gasteiger partial charge in [0.1, 0.15) is 17.3 Å². The van der Waals surface area contributed by atoms with Crippen molar-refractivity contribution in [3.05, 3.63) is 65.7 Å². The lowest BCUT2D eigenvalue weighted by molar-refractivity contribution is 0.102. The molecule has 0 atom stereocenters. The first kappa shape index (κ1) is 18.3. The Balaban J connectivity index is 1.86. The second-order valence-electron chi connectivity index (χ2n) is 5.72. The number of halogens is 1. The van der Waals surface area contributed by atoms with Crippen LogP contribution in [-0.2, 0) is 0 Å². The minimum atomic E-state index is -0.371. The molecular formula is C20H18FN3O3. The summed E-state index contributed by atoms with van der Waals surface area (Å²) in [7, 11) is 3.06. The van der Waals surface area contributed by atoms with E-state index in [-0.39, 0.29) is 11.7 Å². The predicted molar refractivity (Wildman–Crippen MR) is 99.7 cm³/mol. The molecule has 1 aromatic heterocycles. The van der Waals surface area contributed by atoms with E-state index in [1.807, 2.05) is 0 Å². The van der Waals surface area contributed by atoms with E-state index in [4.69, 9.17) is 9.47 Å². The number of aryl methyl sites for hydroxylation is 1. The number of ether oxygens (including phenoxy) is 2. The fraction of sp³-hybridized carbons (Fsp3) is 0.150. The van der Waals surface area contributed by atoms with E-state index in [2.05, 4.69) is 15.3 Å². The number of rotatable bonds is 5. The third-order valence-corrected chi connectivity index (χ3v) is 3.98. The van der Waals surface area contributed by atoms with Gasteiger partial charge in [0, 0.05) is 17.8 Å². The van der Waals surface area contributed by atoms with E-state index in [1.54, 1.807) is 44.4 Å². The summed E-state index contributed by atoms with van der Waals surface area (Å²) < 4.78 is 23.5. The summed E-state index contributed by atoms with van der Waals surface area (Å²) >= 11 is 0. The van der Waals surface area contributed by atoms with Gasteiger partial charge in [-0.15, -0.1) is 0 Å². The van der Waals surface area contributed by atoms with Crippen molar-refractivity contribution in [1.29, 1.82) is 0 Å². The van der Waals surface area contributed by atoms with Crippen LogP contribution in [0.3, 0.4) is 0 Å². The predicted octanol–water partition coefficient (Wildman–Crippen LogP) is 3.86. The average molecular weight is 367 g/mol. The second kappa shape index (κ2) is 7.82. The van der Waals surface area contributed by atoms with Crippen molar-refractivity contribution in [2.75, 3.05) is 19.5 Å². The molecule has 1 N–H and O–H groups in total. The van der Waals surface area contributed by atoms with Gasteiger partial charge in [-0.1, -0.05) is 0 Å². The molecule has 0 radical (unpaired) electrons. The second-order valence-corrected chi connectivity index (χ2v) is 5.72. The third-order valence-electron chi connectivity index (χ3n) is 3.98. The Kier molecular flexibility index (Phi) is 5.30. The number of methoxy groups -OCH3 is 2. The van der Waals surface area contributed by atoms with Gasteiger partial charge in [0.25, 0.3) is 5.91 Å². The zero-order valence-electron chi connectivity index (χ0n) is 15.1. The topological polar surface area (TPSA) is 73.3 Å². The van der Waals surface area contributed by atoms with Crippen molar-refractivity contribution >= 4 is 11.6 Å². The van der Waals surface area contributed by atoms with Crippen molar-refractivity contribution in [3.63, 3.8) is 0 Å². The summed E-state index contributed by atoms with van der Waals surface area (Å²) in [4.78, 5) is 21.2. The molecular weight excluding hydrogens is 349 g/mol. The SMILES string of the molecule is COc1ccc(OC)c(NC(=O)c2cnc(-c3ccc(F)cc3)nc2C)c1. The number of anilines is 1. The minimum absolute atomic E-state index is 0.325. The highest BCUT2D eigenvalue weighted by Gasteiger charge is 2.15. The maximum atomic E-state index is 13.1. The molecule has 0 fully saturated rings. The molecule has 1 heterocycles. The van der Waals surface area contributed by atoms with Crippen LogP contribution in [0.15, 0.2) is 48.7 Å². The lowest BCUT2D eigenvalue weighted by atomic mass is 10.1. The van der Waals surface area contributed by atoms with Gasteiger partial charge in [-0.05, 0) is 43.3 Å². The molecule has 0 spiro atoms. The van der Waals surface area contributed by atoms with Crippen molar-refractivity contribution in [2.24, 2.45) is 0 Å². The first-order valence-corrected chi connectivity index (χ1v) is 8.14. The van der Waals surface area contributed by atoms with Crippen molar-refractivity contribution < 1.29 is 18.7 Å². The molecule has 7 heteroatoms. The minimum Gasteiger partial charge on any atom is -0.497 e. The maximum absolute atomic E-state index is 13.1. The standard InChI is InChI=1S/C20H18FN3O3/c1-12-16(11-22-19(23-12)13-4-6-14(21)7-5-13)20(25)24-17-10-15(26-2)8-9-18(17)27-3/h4-11H,1-3H3,(H,24,25). The molecule has 6 nitrogen and oxygen atoms in total. The van der Waals surface area contributed by atoms with Crippen molar-refractivity contribution in [1.82, 2.24) is 9.97 Å². The zero-order chi connectivity index (χ0) is 19.4. The molecule has 3 rings (SSSR count). The van der Waals surface area contributed by atoms with Gasteiger partial charge >= 0.3 is 0 Å². The van der Waals surface area contributed by atoms with Crippen LogP contribution >= 0.6 is 0 Å². The summed E-state index contributed by atoms with van der Waals surface area (Å²) in [5.74, 6) is 0.808. The maximum Gasteiger partial charge on any atom is 0.259 e. The van der Waals surface area contributed by atoms with E-state index in [0.717, 1.165) is 0 Å². The Bertz CT molecular complexity index is 975. The van der Waals surface area contributed by atoms with Gasteiger partial charge in [0.15, 0.2) is 5.82 Å². The van der Waals surface area contributed by atoms with E-state index in [1.165, 1.54) is 25.4 Å². The van der Waals surface area contributed by atoms with Crippen LogP contribution in [0.25, 0.3) is 11.4 Å². The van der Waals surface area contributed by atoms with Crippen LogP contribution < -0.4 is 14.8 Å². The van der Waals surface area contributed by atoms with E-state index in [9.17, 15) is 9.18 Å². The van der Waals surface area contributed by atoms with Crippen molar-refractivity contribution in [3.8, 4) is 22.9 Å². The molecule has 3 aromatic rings. The van der Waals surface area contributed by atoms with Gasteiger partial charge in [0.2, 0.25) is 0 Å². The average Bonchev–Trinajstić information content (AvgIpc) is 2.68. The molecule has 1 amide bonds. The van der Waals surface area contributed by atoms with Gasteiger partial charge in [-0.25, -0.2) is 14.4 Å². The Morgan fingerprint density at radius 2 is 1.81 bits per heavy atom. The zero-order valence-corrected chi connectivity index (χ0v) is 15.1. The van der Waals surface area contributed by atoms with Crippen LogP contribution in [0.1, 0.15) is 16.1 Å². The molecule has 0 aliphatic carbocycles. The first-order valence-electron chi connectivity index (χ1n) is 8.14. The molecule has 138 valence electrons. The number of carbonyl (C=O) groups excluding carboxylic acids is 1. The summed E-state index contributed by atoms with van der Waals surface area (Å²) in [6, 6.07) is 11.0. The fourth-order valence-electron chi connectivity index (χ4n) is 2.53. The largest absolute Gasteiger partial charge is 0.497 e. The van der Waals surface area contributed by atoms with Gasteiger partial charge < -0.3 is 14.8 Å². The monoisotopic (exact) mass is 367 g/mol. The Morgan fingerprint density at radius 1 is 1.07 bits per heavy atom. The fourth-order valence-corrected chi connectivity index (χ4v) is 2.53. The van der Waals surface area contributed by atoms with Crippen LogP contribution in [0.4, 0.5) is 10.1 Å². The van der Waals surface area contributed by atoms with Crippen LogP contribution in [0.5, 0.6) is 11.5 Å². The van der Waals surface area contributed by atoms with Crippen LogP contribution in [0.2, 0.25) is 0 Å². The summed E-state index contributed by atoms with van der Waals surface area (Å²) in [5, 5.41) is 2.79. The third kappa shape index (κ3) is 4.03. The molecule has 0 aliphatic rings. The molecule has 0 aliphatic heterocycles. The highest BCUT2D eigenvalue weighted by atomic mass is 19.1. The number of aromatic nitrogens is 2. The number of nitrogens with zero attached hydrogens (tertiary/aromatic N) is 2. The number of amides is 1. The molecule has 2 aromatic carbocycles. The summed E-state index contributed by atoms with van der Waals surface area (Å²) in [5.41, 5.74) is 1.97. The number of nitrogens with one attached hydrogen (secondary N) is 1. The Hall–Kier alpha value is -3.48.